The molecule has 3 N–H and O–H groups in total. The van der Waals surface area contributed by atoms with E-state index >= 15 is 0 Å². The Balaban J connectivity index is 1.61. The minimum absolute atomic E-state index is 0.833. The smallest absolute Gasteiger partial charge is 0.0533 e. The van der Waals surface area contributed by atoms with Crippen LogP contribution in [-0.4, -0.2) is 43.1 Å². The SMILES string of the molecule is Cc1ccc(-c2cc[nH]c2-c2ccc(N3CCN(C)CC3)cc2)cc1N. The van der Waals surface area contributed by atoms with E-state index in [-0.39, 0.29) is 0 Å². The summed E-state index contributed by atoms with van der Waals surface area (Å²) in [7, 11) is 2.19. The van der Waals surface area contributed by atoms with Gasteiger partial charge in [-0.05, 0) is 54.9 Å². The predicted molar refractivity (Wildman–Crippen MR) is 111 cm³/mol. The maximum absolute atomic E-state index is 6.11. The highest BCUT2D eigenvalue weighted by molar-refractivity contribution is 5.83. The van der Waals surface area contributed by atoms with Crippen LogP contribution in [-0.2, 0) is 0 Å². The van der Waals surface area contributed by atoms with Gasteiger partial charge in [0.15, 0.2) is 0 Å². The van der Waals surface area contributed by atoms with Crippen LogP contribution >= 0.6 is 0 Å². The van der Waals surface area contributed by atoms with Crippen LogP contribution in [0.2, 0.25) is 0 Å². The summed E-state index contributed by atoms with van der Waals surface area (Å²) in [6, 6.07) is 17.3. The van der Waals surface area contributed by atoms with Crippen molar-refractivity contribution in [3.8, 4) is 22.4 Å². The molecule has 4 nitrogen and oxygen atoms in total. The highest BCUT2D eigenvalue weighted by Crippen LogP contribution is 2.33. The zero-order valence-corrected chi connectivity index (χ0v) is 15.5. The fourth-order valence-corrected chi connectivity index (χ4v) is 3.56. The molecule has 4 rings (SSSR count). The maximum Gasteiger partial charge on any atom is 0.0533 e. The third kappa shape index (κ3) is 3.20. The van der Waals surface area contributed by atoms with E-state index in [1.54, 1.807) is 0 Å². The van der Waals surface area contributed by atoms with Crippen LogP contribution in [0, 0.1) is 6.92 Å². The van der Waals surface area contributed by atoms with E-state index in [0.29, 0.717) is 0 Å². The van der Waals surface area contributed by atoms with E-state index in [0.717, 1.165) is 48.7 Å². The van der Waals surface area contributed by atoms with Crippen molar-refractivity contribution in [3.05, 3.63) is 60.3 Å². The molecule has 4 heteroatoms. The Morgan fingerprint density at radius 3 is 2.27 bits per heavy atom. The zero-order valence-electron chi connectivity index (χ0n) is 15.5. The largest absolute Gasteiger partial charge is 0.398 e. The lowest BCUT2D eigenvalue weighted by Crippen LogP contribution is -2.44. The van der Waals surface area contributed by atoms with E-state index in [1.807, 2.05) is 13.1 Å². The van der Waals surface area contributed by atoms with Gasteiger partial charge in [0.05, 0.1) is 5.69 Å². The summed E-state index contributed by atoms with van der Waals surface area (Å²) in [6.45, 7) is 6.46. The van der Waals surface area contributed by atoms with Crippen molar-refractivity contribution in [2.75, 3.05) is 43.9 Å². The normalized spacial score (nSPS) is 15.4. The number of rotatable bonds is 3. The number of aromatic amines is 1. The number of nitrogen functional groups attached to an aromatic ring is 1. The van der Waals surface area contributed by atoms with Crippen LogP contribution in [0.25, 0.3) is 22.4 Å². The molecule has 0 radical (unpaired) electrons. The summed E-state index contributed by atoms with van der Waals surface area (Å²) >= 11 is 0. The molecule has 134 valence electrons. The van der Waals surface area contributed by atoms with Crippen molar-refractivity contribution in [2.45, 2.75) is 6.92 Å². The topological polar surface area (TPSA) is 48.3 Å². The number of aromatic nitrogens is 1. The quantitative estimate of drug-likeness (QED) is 0.705. The molecule has 0 aliphatic carbocycles. The molecule has 1 aromatic heterocycles. The third-order valence-electron chi connectivity index (χ3n) is 5.36. The van der Waals surface area contributed by atoms with Crippen molar-refractivity contribution in [1.29, 1.82) is 0 Å². The summed E-state index contributed by atoms with van der Waals surface area (Å²) in [5.74, 6) is 0. The summed E-state index contributed by atoms with van der Waals surface area (Å²) in [4.78, 5) is 8.24. The average molecular weight is 346 g/mol. The van der Waals surface area contributed by atoms with E-state index in [9.17, 15) is 0 Å². The number of anilines is 2. The van der Waals surface area contributed by atoms with Gasteiger partial charge in [0, 0.05) is 49.3 Å². The molecule has 1 aliphatic heterocycles. The summed E-state index contributed by atoms with van der Waals surface area (Å²) < 4.78 is 0. The Labute approximate surface area is 155 Å². The number of hydrogen-bond donors (Lipinski definition) is 2. The van der Waals surface area contributed by atoms with Crippen LogP contribution in [0.3, 0.4) is 0 Å². The first-order valence-electron chi connectivity index (χ1n) is 9.19. The zero-order chi connectivity index (χ0) is 18.1. The second kappa shape index (κ2) is 6.89. The van der Waals surface area contributed by atoms with E-state index < -0.39 is 0 Å². The van der Waals surface area contributed by atoms with Crippen molar-refractivity contribution < 1.29 is 0 Å². The summed E-state index contributed by atoms with van der Waals surface area (Å²) in [5, 5.41) is 0. The Hall–Kier alpha value is -2.72. The van der Waals surface area contributed by atoms with Crippen LogP contribution in [0.1, 0.15) is 5.56 Å². The molecule has 0 bridgehead atoms. The lowest BCUT2D eigenvalue weighted by molar-refractivity contribution is 0.313. The maximum atomic E-state index is 6.11. The highest BCUT2D eigenvalue weighted by Gasteiger charge is 2.15. The van der Waals surface area contributed by atoms with Gasteiger partial charge in [-0.15, -0.1) is 0 Å². The predicted octanol–water partition coefficient (Wildman–Crippen LogP) is 3.99. The highest BCUT2D eigenvalue weighted by atomic mass is 15.2. The van der Waals surface area contributed by atoms with Crippen molar-refractivity contribution in [1.82, 2.24) is 9.88 Å². The molecule has 0 unspecified atom stereocenters. The number of nitrogens with two attached hydrogens (primary N) is 1. The van der Waals surface area contributed by atoms with Gasteiger partial charge in [-0.1, -0.05) is 24.3 Å². The molecule has 1 fully saturated rings. The molecule has 0 spiro atoms. The van der Waals surface area contributed by atoms with Crippen molar-refractivity contribution in [3.63, 3.8) is 0 Å². The second-order valence-corrected chi connectivity index (χ2v) is 7.17. The lowest BCUT2D eigenvalue weighted by atomic mass is 9.99. The summed E-state index contributed by atoms with van der Waals surface area (Å²) in [5.41, 5.74) is 14.0. The first kappa shape index (κ1) is 16.7. The van der Waals surface area contributed by atoms with Gasteiger partial charge in [-0.25, -0.2) is 0 Å². The second-order valence-electron chi connectivity index (χ2n) is 7.17. The first-order valence-corrected chi connectivity index (χ1v) is 9.19. The minimum Gasteiger partial charge on any atom is -0.398 e. The molecule has 2 heterocycles. The molecule has 1 saturated heterocycles. The molecule has 2 aromatic carbocycles. The van der Waals surface area contributed by atoms with Gasteiger partial charge in [0.25, 0.3) is 0 Å². The van der Waals surface area contributed by atoms with Crippen molar-refractivity contribution >= 4 is 11.4 Å². The van der Waals surface area contributed by atoms with Gasteiger partial charge in [-0.3, -0.25) is 0 Å². The van der Waals surface area contributed by atoms with Gasteiger partial charge >= 0.3 is 0 Å². The number of benzene rings is 2. The van der Waals surface area contributed by atoms with Crippen LogP contribution in [0.5, 0.6) is 0 Å². The van der Waals surface area contributed by atoms with E-state index in [2.05, 4.69) is 70.4 Å². The van der Waals surface area contributed by atoms with Gasteiger partial charge in [-0.2, -0.15) is 0 Å². The number of hydrogen-bond acceptors (Lipinski definition) is 3. The molecule has 0 saturated carbocycles. The van der Waals surface area contributed by atoms with Crippen LogP contribution in [0.15, 0.2) is 54.7 Å². The van der Waals surface area contributed by atoms with Crippen molar-refractivity contribution in [2.24, 2.45) is 0 Å². The number of nitrogens with one attached hydrogen (secondary N) is 1. The van der Waals surface area contributed by atoms with Gasteiger partial charge in [0.2, 0.25) is 0 Å². The fraction of sp³-hybridized carbons (Fsp3) is 0.273. The monoisotopic (exact) mass is 346 g/mol. The standard InChI is InChI=1S/C22H26N4/c1-16-3-4-18(15-21(16)23)20-9-10-24-22(20)17-5-7-19(8-6-17)26-13-11-25(2)12-14-26/h3-10,15,24H,11-14,23H2,1-2H3. The Morgan fingerprint density at radius 1 is 0.885 bits per heavy atom. The molecule has 3 aromatic rings. The molecule has 26 heavy (non-hydrogen) atoms. The fourth-order valence-electron chi connectivity index (χ4n) is 3.56. The number of H-pyrrole nitrogens is 1. The minimum atomic E-state index is 0.833. The van der Waals surface area contributed by atoms with E-state index in [1.165, 1.54) is 16.8 Å². The molecule has 0 amide bonds. The Kier molecular flexibility index (Phi) is 4.43. The Bertz CT molecular complexity index is 887. The molecular weight excluding hydrogens is 320 g/mol. The molecule has 0 atom stereocenters. The van der Waals surface area contributed by atoms with E-state index in [4.69, 9.17) is 5.73 Å². The molecular formula is C22H26N4. The third-order valence-corrected chi connectivity index (χ3v) is 5.36. The van der Waals surface area contributed by atoms with Gasteiger partial charge < -0.3 is 20.5 Å². The first-order chi connectivity index (χ1) is 12.6. The molecule has 1 aliphatic rings. The average Bonchev–Trinajstić information content (AvgIpc) is 3.15. The number of piperazine rings is 1. The van der Waals surface area contributed by atoms with Crippen LogP contribution in [0.4, 0.5) is 11.4 Å². The number of likely N-dealkylation sites (N-methyl/N-ethyl adjacent to an activating group) is 1. The summed E-state index contributed by atoms with van der Waals surface area (Å²) in [6.07, 6.45) is 2.00. The number of nitrogens with zero attached hydrogens (tertiary/aromatic N) is 2. The van der Waals surface area contributed by atoms with Crippen LogP contribution < -0.4 is 10.6 Å². The number of aryl methyl sites for hydroxylation is 1. The Morgan fingerprint density at radius 2 is 1.58 bits per heavy atom. The lowest BCUT2D eigenvalue weighted by Gasteiger charge is -2.34. The van der Waals surface area contributed by atoms with Gasteiger partial charge in [0.1, 0.15) is 0 Å².